The summed E-state index contributed by atoms with van der Waals surface area (Å²) in [6.07, 6.45) is -1.68. The lowest BCUT2D eigenvalue weighted by atomic mass is 9.93. The molecule has 146 valence electrons. The zero-order valence-electron chi connectivity index (χ0n) is 14.6. The second-order valence-electron chi connectivity index (χ2n) is 7.26. The standard InChI is InChI=1S/C20H16BrF2NO4/c21-12-2-3-13-14(5-8-26-16(13)10-12)24-18(25)19(6-7-19)11-1-4-15-17(9-11)28-20(22,23)27-15/h1-4,9-10,14H,5-8H2,(H,24,25). The van der Waals surface area contributed by atoms with Gasteiger partial charge in [-0.25, -0.2) is 0 Å². The van der Waals surface area contributed by atoms with E-state index in [0.717, 1.165) is 15.8 Å². The topological polar surface area (TPSA) is 56.8 Å². The van der Waals surface area contributed by atoms with Crippen LogP contribution < -0.4 is 19.5 Å². The Kier molecular flexibility index (Phi) is 3.84. The molecule has 2 aromatic rings. The first-order chi connectivity index (χ1) is 13.4. The van der Waals surface area contributed by atoms with E-state index in [1.165, 1.54) is 12.1 Å². The van der Waals surface area contributed by atoms with E-state index in [-0.39, 0.29) is 23.4 Å². The van der Waals surface area contributed by atoms with Crippen molar-refractivity contribution in [2.24, 2.45) is 0 Å². The number of ether oxygens (including phenoxy) is 3. The molecule has 5 rings (SSSR count). The van der Waals surface area contributed by atoms with Crippen LogP contribution in [0.1, 0.15) is 36.4 Å². The average Bonchev–Trinajstić information content (AvgIpc) is 3.39. The number of halogens is 3. The molecule has 1 unspecified atom stereocenters. The lowest BCUT2D eigenvalue weighted by molar-refractivity contribution is -0.286. The molecule has 28 heavy (non-hydrogen) atoms. The van der Waals surface area contributed by atoms with Crippen LogP contribution in [0.4, 0.5) is 8.78 Å². The van der Waals surface area contributed by atoms with E-state index < -0.39 is 11.7 Å². The van der Waals surface area contributed by atoms with Gasteiger partial charge in [-0.1, -0.05) is 28.1 Å². The number of hydrogen-bond donors (Lipinski definition) is 1. The predicted molar refractivity (Wildman–Crippen MR) is 98.7 cm³/mol. The van der Waals surface area contributed by atoms with Crippen LogP contribution in [0.15, 0.2) is 40.9 Å². The average molecular weight is 452 g/mol. The van der Waals surface area contributed by atoms with E-state index in [1.807, 2.05) is 18.2 Å². The summed E-state index contributed by atoms with van der Waals surface area (Å²) in [5.41, 5.74) is 0.876. The first kappa shape index (κ1) is 17.7. The second-order valence-corrected chi connectivity index (χ2v) is 8.17. The molecule has 1 atom stereocenters. The van der Waals surface area contributed by atoms with Crippen molar-refractivity contribution >= 4 is 21.8 Å². The van der Waals surface area contributed by atoms with Gasteiger partial charge in [0.25, 0.3) is 0 Å². The summed E-state index contributed by atoms with van der Waals surface area (Å²) < 4.78 is 42.1. The fourth-order valence-corrected chi connectivity index (χ4v) is 4.17. The highest BCUT2D eigenvalue weighted by molar-refractivity contribution is 9.10. The van der Waals surface area contributed by atoms with Crippen molar-refractivity contribution in [3.05, 3.63) is 52.0 Å². The molecule has 0 spiro atoms. The molecule has 1 amide bonds. The predicted octanol–water partition coefficient (Wildman–Crippen LogP) is 4.44. The van der Waals surface area contributed by atoms with Crippen molar-refractivity contribution in [2.45, 2.75) is 37.0 Å². The summed E-state index contributed by atoms with van der Waals surface area (Å²) in [5.74, 6) is 0.580. The minimum Gasteiger partial charge on any atom is -0.493 e. The molecule has 0 bridgehead atoms. The van der Waals surface area contributed by atoms with Gasteiger partial charge in [0.1, 0.15) is 5.75 Å². The second kappa shape index (κ2) is 6.07. The number of hydrogen-bond acceptors (Lipinski definition) is 4. The van der Waals surface area contributed by atoms with Crippen molar-refractivity contribution in [1.82, 2.24) is 5.32 Å². The van der Waals surface area contributed by atoms with Crippen LogP contribution in [0.3, 0.4) is 0 Å². The Hall–Kier alpha value is -2.35. The van der Waals surface area contributed by atoms with Crippen molar-refractivity contribution < 1.29 is 27.8 Å². The summed E-state index contributed by atoms with van der Waals surface area (Å²) in [6.45, 7) is 0.514. The Balaban J connectivity index is 1.39. The van der Waals surface area contributed by atoms with Crippen molar-refractivity contribution in [1.29, 1.82) is 0 Å². The van der Waals surface area contributed by atoms with Crippen LogP contribution in [-0.2, 0) is 10.2 Å². The SMILES string of the molecule is O=C(NC1CCOc2cc(Br)ccc21)C1(c2ccc3c(c2)OC(F)(F)O3)CC1. The lowest BCUT2D eigenvalue weighted by Gasteiger charge is -2.28. The molecule has 1 fully saturated rings. The van der Waals surface area contributed by atoms with Crippen molar-refractivity contribution in [3.8, 4) is 17.2 Å². The molecular weight excluding hydrogens is 436 g/mol. The number of alkyl halides is 2. The number of benzene rings is 2. The van der Waals surface area contributed by atoms with Gasteiger partial charge in [-0.3, -0.25) is 4.79 Å². The minimum absolute atomic E-state index is 0.0195. The number of nitrogens with one attached hydrogen (secondary N) is 1. The quantitative estimate of drug-likeness (QED) is 0.749. The van der Waals surface area contributed by atoms with Crippen LogP contribution in [-0.4, -0.2) is 18.8 Å². The molecular formula is C20H16BrF2NO4. The molecule has 0 aromatic heterocycles. The number of carbonyl (C=O) groups is 1. The zero-order chi connectivity index (χ0) is 19.5. The Morgan fingerprint density at radius 1 is 1.07 bits per heavy atom. The number of rotatable bonds is 3. The summed E-state index contributed by atoms with van der Waals surface area (Å²) in [5, 5.41) is 3.13. The molecule has 3 aliphatic rings. The normalized spacial score (nSPS) is 22.8. The third-order valence-electron chi connectivity index (χ3n) is 5.46. The highest BCUT2D eigenvalue weighted by atomic mass is 79.9. The van der Waals surface area contributed by atoms with Gasteiger partial charge in [0, 0.05) is 16.5 Å². The molecule has 2 aromatic carbocycles. The molecule has 1 saturated carbocycles. The third-order valence-corrected chi connectivity index (χ3v) is 5.95. The van der Waals surface area contributed by atoms with Crippen molar-refractivity contribution in [2.75, 3.05) is 6.61 Å². The van der Waals surface area contributed by atoms with Crippen LogP contribution in [0.25, 0.3) is 0 Å². The Morgan fingerprint density at radius 2 is 1.86 bits per heavy atom. The maximum Gasteiger partial charge on any atom is 0.586 e. The molecule has 0 saturated heterocycles. The van der Waals surface area contributed by atoms with E-state index in [9.17, 15) is 13.6 Å². The summed E-state index contributed by atoms with van der Waals surface area (Å²) in [4.78, 5) is 13.1. The van der Waals surface area contributed by atoms with Crippen LogP contribution in [0, 0.1) is 0 Å². The zero-order valence-corrected chi connectivity index (χ0v) is 16.2. The van der Waals surface area contributed by atoms with E-state index in [4.69, 9.17) is 4.74 Å². The van der Waals surface area contributed by atoms with Crippen LogP contribution >= 0.6 is 15.9 Å². The van der Waals surface area contributed by atoms with Gasteiger partial charge in [-0.15, -0.1) is 8.78 Å². The van der Waals surface area contributed by atoms with E-state index in [0.29, 0.717) is 31.4 Å². The molecule has 1 N–H and O–H groups in total. The highest BCUT2D eigenvalue weighted by Crippen LogP contribution is 2.52. The molecule has 8 heteroatoms. The summed E-state index contributed by atoms with van der Waals surface area (Å²) in [6, 6.07) is 10.2. The van der Waals surface area contributed by atoms with E-state index in [1.54, 1.807) is 6.07 Å². The number of carbonyl (C=O) groups excluding carboxylic acids is 1. The smallest absolute Gasteiger partial charge is 0.493 e. The van der Waals surface area contributed by atoms with Gasteiger partial charge in [0.05, 0.1) is 18.1 Å². The third kappa shape index (κ3) is 2.90. The lowest BCUT2D eigenvalue weighted by Crippen LogP contribution is -2.39. The molecule has 0 radical (unpaired) electrons. The Labute approximate surface area is 168 Å². The molecule has 2 aliphatic heterocycles. The molecule has 1 aliphatic carbocycles. The number of amides is 1. The van der Waals surface area contributed by atoms with Gasteiger partial charge in [-0.2, -0.15) is 0 Å². The maximum absolute atomic E-state index is 13.3. The summed E-state index contributed by atoms with van der Waals surface area (Å²) in [7, 11) is 0. The largest absolute Gasteiger partial charge is 0.586 e. The highest BCUT2D eigenvalue weighted by Gasteiger charge is 2.53. The van der Waals surface area contributed by atoms with E-state index in [2.05, 4.69) is 30.7 Å². The van der Waals surface area contributed by atoms with Gasteiger partial charge in [0.2, 0.25) is 5.91 Å². The van der Waals surface area contributed by atoms with Crippen molar-refractivity contribution in [3.63, 3.8) is 0 Å². The van der Waals surface area contributed by atoms with Gasteiger partial charge >= 0.3 is 6.29 Å². The van der Waals surface area contributed by atoms with Gasteiger partial charge in [-0.05, 0) is 42.7 Å². The Bertz CT molecular complexity index is 977. The Morgan fingerprint density at radius 3 is 2.64 bits per heavy atom. The minimum atomic E-state index is -3.67. The summed E-state index contributed by atoms with van der Waals surface area (Å²) >= 11 is 3.42. The van der Waals surface area contributed by atoms with E-state index >= 15 is 0 Å². The first-order valence-corrected chi connectivity index (χ1v) is 9.79. The molecule has 2 heterocycles. The first-order valence-electron chi connectivity index (χ1n) is 9.00. The van der Waals surface area contributed by atoms with Crippen LogP contribution in [0.5, 0.6) is 17.2 Å². The fraction of sp³-hybridized carbons (Fsp3) is 0.350. The monoisotopic (exact) mass is 451 g/mol. The number of fused-ring (bicyclic) bond motifs is 2. The van der Waals surface area contributed by atoms with Crippen LogP contribution in [0.2, 0.25) is 0 Å². The maximum atomic E-state index is 13.3. The van der Waals surface area contributed by atoms with Gasteiger partial charge < -0.3 is 19.5 Å². The van der Waals surface area contributed by atoms with Gasteiger partial charge in [0.15, 0.2) is 11.5 Å². The fourth-order valence-electron chi connectivity index (χ4n) is 3.83. The molecule has 5 nitrogen and oxygen atoms in total.